The predicted octanol–water partition coefficient (Wildman–Crippen LogP) is 2.81. The van der Waals surface area contributed by atoms with Crippen molar-refractivity contribution in [3.8, 4) is 5.75 Å². The van der Waals surface area contributed by atoms with Crippen molar-refractivity contribution in [3.05, 3.63) is 24.3 Å². The second-order valence-corrected chi connectivity index (χ2v) is 4.93. The third-order valence-corrected chi connectivity index (χ3v) is 3.64. The predicted molar refractivity (Wildman–Crippen MR) is 78.0 cm³/mol. The van der Waals surface area contributed by atoms with E-state index in [-0.39, 0.29) is 11.7 Å². The fraction of sp³-hybridized carbons (Fsp3) is 0.500. The van der Waals surface area contributed by atoms with Gasteiger partial charge in [-0.3, -0.25) is 9.59 Å². The summed E-state index contributed by atoms with van der Waals surface area (Å²) in [6.07, 6.45) is 1.97. The number of piperidine rings is 1. The zero-order chi connectivity index (χ0) is 14.5. The van der Waals surface area contributed by atoms with Gasteiger partial charge in [0.15, 0.2) is 0 Å². The van der Waals surface area contributed by atoms with Crippen LogP contribution in [0.4, 0.5) is 5.69 Å². The van der Waals surface area contributed by atoms with Gasteiger partial charge in [0.1, 0.15) is 11.5 Å². The van der Waals surface area contributed by atoms with E-state index in [4.69, 9.17) is 4.74 Å². The second kappa shape index (κ2) is 6.55. The summed E-state index contributed by atoms with van der Waals surface area (Å²) in [5.41, 5.74) is 0.840. The van der Waals surface area contributed by atoms with Crippen molar-refractivity contribution in [2.75, 3.05) is 18.1 Å². The molecule has 1 aromatic carbocycles. The summed E-state index contributed by atoms with van der Waals surface area (Å²) in [5.74, 6) is 0.320. The van der Waals surface area contributed by atoms with Crippen LogP contribution in [0.15, 0.2) is 24.3 Å². The molecule has 0 spiro atoms. The number of carbonyl (C=O) groups is 2. The van der Waals surface area contributed by atoms with E-state index in [0.29, 0.717) is 26.0 Å². The highest BCUT2D eigenvalue weighted by Crippen LogP contribution is 2.27. The molecule has 0 N–H and O–H groups in total. The SMILES string of the molecule is CCOc1ccc(N2CCC[C@H](C(=O)CC)C2=O)cc1. The number of hydrogen-bond acceptors (Lipinski definition) is 3. The first kappa shape index (κ1) is 14.6. The highest BCUT2D eigenvalue weighted by molar-refractivity contribution is 6.08. The Morgan fingerprint density at radius 1 is 1.30 bits per heavy atom. The number of amides is 1. The summed E-state index contributed by atoms with van der Waals surface area (Å²) in [6, 6.07) is 7.47. The molecule has 4 heteroatoms. The number of ketones is 1. The molecule has 1 aromatic rings. The Morgan fingerprint density at radius 3 is 2.60 bits per heavy atom. The van der Waals surface area contributed by atoms with Crippen LogP contribution in [0, 0.1) is 5.92 Å². The number of Topliss-reactive ketones (excluding diaryl/α,β-unsaturated/α-hetero) is 1. The van der Waals surface area contributed by atoms with Crippen LogP contribution in [0.5, 0.6) is 5.75 Å². The van der Waals surface area contributed by atoms with Crippen LogP contribution >= 0.6 is 0 Å². The van der Waals surface area contributed by atoms with Crippen molar-refractivity contribution in [2.24, 2.45) is 5.92 Å². The number of carbonyl (C=O) groups excluding carboxylic acids is 2. The van der Waals surface area contributed by atoms with E-state index in [2.05, 4.69) is 0 Å². The molecule has 0 radical (unpaired) electrons. The number of nitrogens with zero attached hydrogens (tertiary/aromatic N) is 1. The van der Waals surface area contributed by atoms with E-state index in [1.165, 1.54) is 0 Å². The molecule has 108 valence electrons. The lowest BCUT2D eigenvalue weighted by Gasteiger charge is -2.31. The van der Waals surface area contributed by atoms with Crippen molar-refractivity contribution in [1.82, 2.24) is 0 Å². The van der Waals surface area contributed by atoms with E-state index in [1.54, 1.807) is 4.90 Å². The standard InChI is InChI=1S/C16H21NO3/c1-3-15(18)14-6-5-11-17(16(14)19)12-7-9-13(10-8-12)20-4-2/h7-10,14H,3-6,11H2,1-2H3/t14-/m1/s1. The Bertz CT molecular complexity index is 481. The first-order valence-corrected chi connectivity index (χ1v) is 7.24. The summed E-state index contributed by atoms with van der Waals surface area (Å²) >= 11 is 0. The number of benzene rings is 1. The molecule has 1 amide bonds. The number of ether oxygens (including phenoxy) is 1. The zero-order valence-electron chi connectivity index (χ0n) is 12.1. The molecule has 0 saturated carbocycles. The van der Waals surface area contributed by atoms with Gasteiger partial charge in [0.25, 0.3) is 0 Å². The maximum absolute atomic E-state index is 12.4. The minimum atomic E-state index is -0.458. The van der Waals surface area contributed by atoms with Crippen LogP contribution in [0.3, 0.4) is 0 Å². The lowest BCUT2D eigenvalue weighted by Crippen LogP contribution is -2.44. The molecule has 1 fully saturated rings. The largest absolute Gasteiger partial charge is 0.494 e. The highest BCUT2D eigenvalue weighted by atomic mass is 16.5. The summed E-state index contributed by atoms with van der Waals surface area (Å²) in [7, 11) is 0. The molecule has 1 heterocycles. The summed E-state index contributed by atoms with van der Waals surface area (Å²) in [4.78, 5) is 26.0. The number of rotatable bonds is 5. The van der Waals surface area contributed by atoms with Crippen molar-refractivity contribution in [2.45, 2.75) is 33.1 Å². The van der Waals surface area contributed by atoms with Crippen molar-refractivity contribution < 1.29 is 14.3 Å². The molecule has 2 rings (SSSR count). The number of hydrogen-bond donors (Lipinski definition) is 0. The normalized spacial score (nSPS) is 19.0. The van der Waals surface area contributed by atoms with Crippen LogP contribution in [0.1, 0.15) is 33.1 Å². The van der Waals surface area contributed by atoms with Gasteiger partial charge >= 0.3 is 0 Å². The molecular formula is C16H21NO3. The molecule has 0 unspecified atom stereocenters. The maximum atomic E-state index is 12.4. The topological polar surface area (TPSA) is 46.6 Å². The van der Waals surface area contributed by atoms with Gasteiger partial charge in [-0.2, -0.15) is 0 Å². The fourth-order valence-electron chi connectivity index (χ4n) is 2.57. The Labute approximate surface area is 119 Å². The van der Waals surface area contributed by atoms with Crippen LogP contribution in [-0.2, 0) is 9.59 Å². The van der Waals surface area contributed by atoms with E-state index in [1.807, 2.05) is 38.1 Å². The monoisotopic (exact) mass is 275 g/mol. The van der Waals surface area contributed by atoms with E-state index >= 15 is 0 Å². The first-order valence-electron chi connectivity index (χ1n) is 7.24. The van der Waals surface area contributed by atoms with E-state index in [9.17, 15) is 9.59 Å². The minimum absolute atomic E-state index is 0.0469. The van der Waals surface area contributed by atoms with Crippen molar-refractivity contribution >= 4 is 17.4 Å². The molecule has 1 aliphatic heterocycles. The van der Waals surface area contributed by atoms with Gasteiger partial charge in [-0.1, -0.05) is 6.92 Å². The Balaban J connectivity index is 2.14. The minimum Gasteiger partial charge on any atom is -0.494 e. The quantitative estimate of drug-likeness (QED) is 0.776. The Kier molecular flexibility index (Phi) is 4.77. The fourth-order valence-corrected chi connectivity index (χ4v) is 2.57. The molecule has 0 aliphatic carbocycles. The lowest BCUT2D eigenvalue weighted by molar-refractivity contribution is -0.133. The summed E-state index contributed by atoms with van der Waals surface area (Å²) < 4.78 is 5.39. The smallest absolute Gasteiger partial charge is 0.237 e. The van der Waals surface area contributed by atoms with Crippen LogP contribution in [0.25, 0.3) is 0 Å². The number of anilines is 1. The van der Waals surface area contributed by atoms with E-state index < -0.39 is 5.92 Å². The zero-order valence-corrected chi connectivity index (χ0v) is 12.1. The van der Waals surface area contributed by atoms with Gasteiger partial charge in [-0.25, -0.2) is 0 Å². The Morgan fingerprint density at radius 2 is 2.00 bits per heavy atom. The van der Waals surface area contributed by atoms with Crippen LogP contribution < -0.4 is 9.64 Å². The Hall–Kier alpha value is -1.84. The van der Waals surface area contributed by atoms with Crippen LogP contribution in [0.2, 0.25) is 0 Å². The van der Waals surface area contributed by atoms with Crippen molar-refractivity contribution in [1.29, 1.82) is 0 Å². The van der Waals surface area contributed by atoms with Gasteiger partial charge in [0, 0.05) is 18.7 Å². The molecule has 4 nitrogen and oxygen atoms in total. The molecule has 0 aromatic heterocycles. The molecule has 1 atom stereocenters. The third kappa shape index (κ3) is 3.00. The molecule has 1 saturated heterocycles. The lowest BCUT2D eigenvalue weighted by atomic mass is 9.91. The second-order valence-electron chi connectivity index (χ2n) is 4.93. The third-order valence-electron chi connectivity index (χ3n) is 3.64. The van der Waals surface area contributed by atoms with Gasteiger partial charge in [-0.15, -0.1) is 0 Å². The molecule has 1 aliphatic rings. The average molecular weight is 275 g/mol. The van der Waals surface area contributed by atoms with Crippen molar-refractivity contribution in [3.63, 3.8) is 0 Å². The first-order chi connectivity index (χ1) is 9.67. The summed E-state index contributed by atoms with van der Waals surface area (Å²) in [5, 5.41) is 0. The van der Waals surface area contributed by atoms with Gasteiger partial charge < -0.3 is 9.64 Å². The maximum Gasteiger partial charge on any atom is 0.237 e. The highest BCUT2D eigenvalue weighted by Gasteiger charge is 2.33. The van der Waals surface area contributed by atoms with Gasteiger partial charge in [0.2, 0.25) is 5.91 Å². The van der Waals surface area contributed by atoms with Crippen LogP contribution in [-0.4, -0.2) is 24.8 Å². The van der Waals surface area contributed by atoms with Gasteiger partial charge in [-0.05, 0) is 44.0 Å². The van der Waals surface area contributed by atoms with Gasteiger partial charge in [0.05, 0.1) is 12.5 Å². The summed E-state index contributed by atoms with van der Waals surface area (Å²) in [6.45, 7) is 5.05. The molecular weight excluding hydrogens is 254 g/mol. The molecule has 20 heavy (non-hydrogen) atoms. The van der Waals surface area contributed by atoms with E-state index in [0.717, 1.165) is 17.9 Å². The average Bonchev–Trinajstić information content (AvgIpc) is 2.48. The molecule has 0 bridgehead atoms.